The summed E-state index contributed by atoms with van der Waals surface area (Å²) in [7, 11) is 0. The summed E-state index contributed by atoms with van der Waals surface area (Å²) in [4.78, 5) is 13.9. The van der Waals surface area contributed by atoms with Crippen LogP contribution in [0, 0.1) is 5.92 Å². The molecule has 1 aromatic rings. The SMILES string of the molecule is CC(C)C(N)CC(=O)N(CCO)Cc1ccccc1. The van der Waals surface area contributed by atoms with E-state index in [1.54, 1.807) is 4.90 Å². The first-order valence-corrected chi connectivity index (χ1v) is 6.72. The molecule has 0 aliphatic rings. The second-order valence-electron chi connectivity index (χ2n) is 5.14. The van der Waals surface area contributed by atoms with Crippen molar-refractivity contribution >= 4 is 5.91 Å². The van der Waals surface area contributed by atoms with Gasteiger partial charge >= 0.3 is 0 Å². The van der Waals surface area contributed by atoms with Gasteiger partial charge in [0.05, 0.1) is 6.61 Å². The molecule has 0 saturated carbocycles. The average molecular weight is 264 g/mol. The van der Waals surface area contributed by atoms with Crippen LogP contribution in [-0.4, -0.2) is 35.1 Å². The molecule has 4 heteroatoms. The van der Waals surface area contributed by atoms with Crippen LogP contribution in [0.1, 0.15) is 25.8 Å². The summed E-state index contributed by atoms with van der Waals surface area (Å²) >= 11 is 0. The smallest absolute Gasteiger partial charge is 0.224 e. The van der Waals surface area contributed by atoms with Crippen LogP contribution in [0.2, 0.25) is 0 Å². The Morgan fingerprint density at radius 3 is 2.47 bits per heavy atom. The standard InChI is InChI=1S/C15H24N2O2/c1-12(2)14(16)10-15(19)17(8-9-18)11-13-6-4-3-5-7-13/h3-7,12,14,18H,8-11,16H2,1-2H3. The van der Waals surface area contributed by atoms with Crippen LogP contribution in [0.3, 0.4) is 0 Å². The van der Waals surface area contributed by atoms with Gasteiger partial charge in [-0.15, -0.1) is 0 Å². The molecule has 1 aromatic carbocycles. The summed E-state index contributed by atoms with van der Waals surface area (Å²) in [6, 6.07) is 9.63. The Bertz CT molecular complexity index is 379. The maximum Gasteiger partial charge on any atom is 0.224 e. The van der Waals surface area contributed by atoms with Gasteiger partial charge in [-0.1, -0.05) is 44.2 Å². The van der Waals surface area contributed by atoms with Crippen molar-refractivity contribution in [3.8, 4) is 0 Å². The molecule has 0 bridgehead atoms. The summed E-state index contributed by atoms with van der Waals surface area (Å²) in [5, 5.41) is 9.08. The van der Waals surface area contributed by atoms with Gasteiger partial charge in [0, 0.05) is 25.6 Å². The molecule has 106 valence electrons. The average Bonchev–Trinajstić information content (AvgIpc) is 2.39. The molecule has 1 atom stereocenters. The lowest BCUT2D eigenvalue weighted by Gasteiger charge is -2.24. The van der Waals surface area contributed by atoms with E-state index in [2.05, 4.69) is 0 Å². The van der Waals surface area contributed by atoms with Crippen molar-refractivity contribution < 1.29 is 9.90 Å². The molecule has 1 rings (SSSR count). The fraction of sp³-hybridized carbons (Fsp3) is 0.533. The number of hydrogen-bond acceptors (Lipinski definition) is 3. The number of nitrogens with two attached hydrogens (primary N) is 1. The Kier molecular flexibility index (Phi) is 6.53. The van der Waals surface area contributed by atoms with Crippen LogP contribution >= 0.6 is 0 Å². The Hall–Kier alpha value is -1.39. The highest BCUT2D eigenvalue weighted by Gasteiger charge is 2.18. The molecule has 0 saturated heterocycles. The highest BCUT2D eigenvalue weighted by molar-refractivity contribution is 5.76. The predicted molar refractivity (Wildman–Crippen MR) is 76.4 cm³/mol. The Labute approximate surface area is 115 Å². The molecular weight excluding hydrogens is 240 g/mol. The highest BCUT2D eigenvalue weighted by Crippen LogP contribution is 2.09. The maximum absolute atomic E-state index is 12.2. The van der Waals surface area contributed by atoms with Crippen molar-refractivity contribution in [1.29, 1.82) is 0 Å². The lowest BCUT2D eigenvalue weighted by Crippen LogP contribution is -2.39. The first kappa shape index (κ1) is 15.7. The molecule has 0 aliphatic carbocycles. The molecular formula is C15H24N2O2. The number of aliphatic hydroxyl groups excluding tert-OH is 1. The van der Waals surface area contributed by atoms with Gasteiger partial charge < -0.3 is 15.7 Å². The van der Waals surface area contributed by atoms with E-state index in [1.165, 1.54) is 0 Å². The van der Waals surface area contributed by atoms with E-state index >= 15 is 0 Å². The van der Waals surface area contributed by atoms with Gasteiger partial charge in [0.1, 0.15) is 0 Å². The van der Waals surface area contributed by atoms with E-state index in [-0.39, 0.29) is 24.5 Å². The summed E-state index contributed by atoms with van der Waals surface area (Å²) in [5.41, 5.74) is 6.99. The second-order valence-corrected chi connectivity index (χ2v) is 5.14. The first-order chi connectivity index (χ1) is 9.04. The maximum atomic E-state index is 12.2. The zero-order chi connectivity index (χ0) is 14.3. The molecule has 0 aliphatic heterocycles. The van der Waals surface area contributed by atoms with E-state index < -0.39 is 0 Å². The minimum Gasteiger partial charge on any atom is -0.395 e. The summed E-state index contributed by atoms with van der Waals surface area (Å²) in [6.45, 7) is 4.84. The molecule has 3 N–H and O–H groups in total. The van der Waals surface area contributed by atoms with Crippen molar-refractivity contribution in [2.75, 3.05) is 13.2 Å². The van der Waals surface area contributed by atoms with Crippen LogP contribution < -0.4 is 5.73 Å². The van der Waals surface area contributed by atoms with Crippen LogP contribution in [0.25, 0.3) is 0 Å². The molecule has 1 amide bonds. The quantitative estimate of drug-likeness (QED) is 0.782. The van der Waals surface area contributed by atoms with Crippen molar-refractivity contribution in [1.82, 2.24) is 4.90 Å². The number of aliphatic hydroxyl groups is 1. The van der Waals surface area contributed by atoms with Crippen LogP contribution in [-0.2, 0) is 11.3 Å². The zero-order valence-electron chi connectivity index (χ0n) is 11.7. The first-order valence-electron chi connectivity index (χ1n) is 6.72. The number of benzene rings is 1. The van der Waals surface area contributed by atoms with Crippen LogP contribution in [0.5, 0.6) is 0 Å². The van der Waals surface area contributed by atoms with Gasteiger partial charge in [-0.2, -0.15) is 0 Å². The molecule has 0 fully saturated rings. The minimum absolute atomic E-state index is 0.000830. The Morgan fingerprint density at radius 2 is 1.95 bits per heavy atom. The third-order valence-corrected chi connectivity index (χ3v) is 3.21. The molecule has 0 spiro atoms. The zero-order valence-corrected chi connectivity index (χ0v) is 11.7. The van der Waals surface area contributed by atoms with Crippen molar-refractivity contribution in [2.45, 2.75) is 32.9 Å². The minimum atomic E-state index is -0.135. The lowest BCUT2D eigenvalue weighted by atomic mass is 10.0. The number of carbonyl (C=O) groups is 1. The van der Waals surface area contributed by atoms with Gasteiger partial charge in [0.2, 0.25) is 5.91 Å². The van der Waals surface area contributed by atoms with Crippen LogP contribution in [0.4, 0.5) is 0 Å². The predicted octanol–water partition coefficient (Wildman–Crippen LogP) is 1.38. The summed E-state index contributed by atoms with van der Waals surface area (Å²) in [6.07, 6.45) is 0.324. The van der Waals surface area contributed by atoms with E-state index in [0.29, 0.717) is 19.5 Å². The summed E-state index contributed by atoms with van der Waals surface area (Å²) in [5.74, 6) is 0.274. The van der Waals surface area contributed by atoms with Gasteiger partial charge in [-0.25, -0.2) is 0 Å². The van der Waals surface area contributed by atoms with E-state index in [1.807, 2.05) is 44.2 Å². The topological polar surface area (TPSA) is 66.6 Å². The third-order valence-electron chi connectivity index (χ3n) is 3.21. The van der Waals surface area contributed by atoms with Gasteiger partial charge in [0.15, 0.2) is 0 Å². The fourth-order valence-corrected chi connectivity index (χ4v) is 1.78. The number of carbonyl (C=O) groups excluding carboxylic acids is 1. The van der Waals surface area contributed by atoms with Gasteiger partial charge in [-0.05, 0) is 11.5 Å². The number of amides is 1. The Morgan fingerprint density at radius 1 is 1.32 bits per heavy atom. The number of nitrogens with zero attached hydrogens (tertiary/aromatic N) is 1. The largest absolute Gasteiger partial charge is 0.395 e. The molecule has 0 heterocycles. The Balaban J connectivity index is 2.63. The van der Waals surface area contributed by atoms with E-state index in [4.69, 9.17) is 10.8 Å². The van der Waals surface area contributed by atoms with E-state index in [9.17, 15) is 4.79 Å². The monoisotopic (exact) mass is 264 g/mol. The number of hydrogen-bond donors (Lipinski definition) is 2. The fourth-order valence-electron chi connectivity index (χ4n) is 1.78. The number of rotatable bonds is 7. The third kappa shape index (κ3) is 5.41. The van der Waals surface area contributed by atoms with E-state index in [0.717, 1.165) is 5.56 Å². The molecule has 0 aromatic heterocycles. The summed E-state index contributed by atoms with van der Waals surface area (Å²) < 4.78 is 0. The lowest BCUT2D eigenvalue weighted by molar-refractivity contribution is -0.132. The van der Waals surface area contributed by atoms with Crippen molar-refractivity contribution in [3.63, 3.8) is 0 Å². The van der Waals surface area contributed by atoms with Gasteiger partial charge in [-0.3, -0.25) is 4.79 Å². The van der Waals surface area contributed by atoms with Crippen molar-refractivity contribution in [2.24, 2.45) is 11.7 Å². The van der Waals surface area contributed by atoms with Crippen molar-refractivity contribution in [3.05, 3.63) is 35.9 Å². The van der Waals surface area contributed by atoms with Crippen LogP contribution in [0.15, 0.2) is 30.3 Å². The molecule has 0 radical (unpaired) electrons. The molecule has 4 nitrogen and oxygen atoms in total. The van der Waals surface area contributed by atoms with Gasteiger partial charge in [0.25, 0.3) is 0 Å². The second kappa shape index (κ2) is 7.92. The normalized spacial score (nSPS) is 12.5. The molecule has 1 unspecified atom stereocenters. The highest BCUT2D eigenvalue weighted by atomic mass is 16.3. The molecule has 19 heavy (non-hydrogen) atoms.